The highest BCUT2D eigenvalue weighted by atomic mass is 35.6. The quantitative estimate of drug-likeness (QED) is 0.303. The zero-order chi connectivity index (χ0) is 19.3. The molecule has 3 nitrogen and oxygen atoms in total. The Kier molecular flexibility index (Phi) is 7.77. The van der Waals surface area contributed by atoms with Crippen LogP contribution in [0.2, 0.25) is 15.1 Å². The molecule has 2 aromatic carbocycles. The van der Waals surface area contributed by atoms with Crippen LogP contribution in [0.1, 0.15) is 5.56 Å². The zero-order valence-corrected chi connectivity index (χ0v) is 17.4. The lowest BCUT2D eigenvalue weighted by atomic mass is 10.2. The molecule has 0 fully saturated rings. The Bertz CT molecular complexity index is 782. The molecular formula is C17H11Cl6NO2. The summed E-state index contributed by atoms with van der Waals surface area (Å²) in [5.41, 5.74) is 0.831. The van der Waals surface area contributed by atoms with Crippen LogP contribution in [0, 0.1) is 0 Å². The Morgan fingerprint density at radius 3 is 2.15 bits per heavy atom. The van der Waals surface area contributed by atoms with Gasteiger partial charge < -0.3 is 10.1 Å². The van der Waals surface area contributed by atoms with E-state index >= 15 is 0 Å². The Morgan fingerprint density at radius 1 is 1.04 bits per heavy atom. The van der Waals surface area contributed by atoms with Gasteiger partial charge in [-0.1, -0.05) is 99.9 Å². The van der Waals surface area contributed by atoms with Gasteiger partial charge in [0.1, 0.15) is 0 Å². The van der Waals surface area contributed by atoms with Crippen LogP contribution >= 0.6 is 69.6 Å². The number of alkyl halides is 3. The van der Waals surface area contributed by atoms with Crippen molar-refractivity contribution in [3.8, 4) is 5.75 Å². The highest BCUT2D eigenvalue weighted by molar-refractivity contribution is 6.68. The van der Waals surface area contributed by atoms with Gasteiger partial charge in [-0.2, -0.15) is 0 Å². The summed E-state index contributed by atoms with van der Waals surface area (Å²) in [6.07, 6.45) is 1.54. The SMILES string of the molecule is O=C(/C=C\c1ccccc1)NC(Oc1c(Cl)cc(Cl)cc1Cl)C(Cl)(Cl)Cl. The van der Waals surface area contributed by atoms with Crippen molar-refractivity contribution in [1.29, 1.82) is 0 Å². The Balaban J connectivity index is 2.16. The largest absolute Gasteiger partial charge is 0.463 e. The first kappa shape index (κ1) is 21.5. The van der Waals surface area contributed by atoms with Crippen LogP contribution in [0.5, 0.6) is 5.75 Å². The maximum Gasteiger partial charge on any atom is 0.246 e. The van der Waals surface area contributed by atoms with E-state index in [1.54, 1.807) is 6.08 Å². The van der Waals surface area contributed by atoms with Gasteiger partial charge in [-0.3, -0.25) is 4.79 Å². The fraction of sp³-hybridized carbons (Fsp3) is 0.118. The molecule has 9 heteroatoms. The summed E-state index contributed by atoms with van der Waals surface area (Å²) in [7, 11) is 0. The Morgan fingerprint density at radius 2 is 1.62 bits per heavy atom. The number of benzene rings is 2. The highest BCUT2D eigenvalue weighted by Gasteiger charge is 2.36. The number of nitrogens with one attached hydrogen (secondary N) is 1. The van der Waals surface area contributed by atoms with Crippen LogP contribution in [-0.2, 0) is 4.79 Å². The summed E-state index contributed by atoms with van der Waals surface area (Å²) in [5, 5.41) is 2.98. The van der Waals surface area contributed by atoms with Gasteiger partial charge in [-0.15, -0.1) is 0 Å². The van der Waals surface area contributed by atoms with Crippen molar-refractivity contribution in [3.05, 3.63) is 69.2 Å². The first-order valence-corrected chi connectivity index (χ1v) is 9.35. The minimum Gasteiger partial charge on any atom is -0.463 e. The van der Waals surface area contributed by atoms with Gasteiger partial charge >= 0.3 is 0 Å². The summed E-state index contributed by atoms with van der Waals surface area (Å²) < 4.78 is 3.55. The lowest BCUT2D eigenvalue weighted by Gasteiger charge is -2.26. The number of hydrogen-bond donors (Lipinski definition) is 1. The molecule has 1 amide bonds. The van der Waals surface area contributed by atoms with E-state index in [1.807, 2.05) is 30.3 Å². The molecule has 26 heavy (non-hydrogen) atoms. The molecule has 0 radical (unpaired) electrons. The molecule has 0 spiro atoms. The van der Waals surface area contributed by atoms with Gasteiger partial charge in [-0.05, 0) is 23.8 Å². The Hall–Kier alpha value is -0.810. The molecule has 1 atom stereocenters. The molecule has 1 unspecified atom stereocenters. The molecule has 2 aromatic rings. The van der Waals surface area contributed by atoms with Crippen molar-refractivity contribution in [1.82, 2.24) is 5.32 Å². The van der Waals surface area contributed by atoms with Crippen molar-refractivity contribution in [2.45, 2.75) is 10.0 Å². The highest BCUT2D eigenvalue weighted by Crippen LogP contribution is 2.39. The molecule has 0 saturated heterocycles. The van der Waals surface area contributed by atoms with Gasteiger partial charge in [0, 0.05) is 11.1 Å². The van der Waals surface area contributed by atoms with E-state index in [4.69, 9.17) is 74.3 Å². The number of hydrogen-bond acceptors (Lipinski definition) is 2. The summed E-state index contributed by atoms with van der Waals surface area (Å²) >= 11 is 35.7. The first-order valence-electron chi connectivity index (χ1n) is 7.08. The molecule has 0 saturated carbocycles. The molecule has 1 N–H and O–H groups in total. The summed E-state index contributed by atoms with van der Waals surface area (Å²) in [5.74, 6) is -0.507. The van der Waals surface area contributed by atoms with Gasteiger partial charge in [-0.25, -0.2) is 0 Å². The van der Waals surface area contributed by atoms with Crippen molar-refractivity contribution in [2.75, 3.05) is 0 Å². The second-order valence-electron chi connectivity index (χ2n) is 4.99. The number of carbonyl (C=O) groups excluding carboxylic acids is 1. The molecule has 0 heterocycles. The monoisotopic (exact) mass is 471 g/mol. The summed E-state index contributed by atoms with van der Waals surface area (Å²) in [6.45, 7) is 0. The topological polar surface area (TPSA) is 38.3 Å². The average molecular weight is 474 g/mol. The van der Waals surface area contributed by atoms with E-state index in [0.717, 1.165) is 5.56 Å². The van der Waals surface area contributed by atoms with Gasteiger partial charge in [0.25, 0.3) is 0 Å². The van der Waals surface area contributed by atoms with Crippen LogP contribution in [0.4, 0.5) is 0 Å². The van der Waals surface area contributed by atoms with Crippen LogP contribution in [-0.4, -0.2) is 15.9 Å². The normalized spacial score (nSPS) is 12.8. The first-order chi connectivity index (χ1) is 12.2. The van der Waals surface area contributed by atoms with Crippen molar-refractivity contribution in [3.63, 3.8) is 0 Å². The zero-order valence-electron chi connectivity index (χ0n) is 12.9. The van der Waals surface area contributed by atoms with E-state index in [1.165, 1.54) is 18.2 Å². The van der Waals surface area contributed by atoms with Crippen molar-refractivity contribution >= 4 is 81.6 Å². The third kappa shape index (κ3) is 6.41. The van der Waals surface area contributed by atoms with Crippen molar-refractivity contribution < 1.29 is 9.53 Å². The predicted octanol–water partition coefficient (Wildman–Crippen LogP) is 6.55. The van der Waals surface area contributed by atoms with Gasteiger partial charge in [0.2, 0.25) is 15.9 Å². The molecule has 138 valence electrons. The number of amides is 1. The molecule has 0 bridgehead atoms. The fourth-order valence-corrected chi connectivity index (χ4v) is 3.05. The van der Waals surface area contributed by atoms with E-state index in [-0.39, 0.29) is 15.8 Å². The maximum atomic E-state index is 12.1. The van der Waals surface area contributed by atoms with Crippen LogP contribution in [0.25, 0.3) is 6.08 Å². The predicted molar refractivity (Wildman–Crippen MR) is 110 cm³/mol. The number of carbonyl (C=O) groups is 1. The second-order valence-corrected chi connectivity index (χ2v) is 8.61. The van der Waals surface area contributed by atoms with Crippen LogP contribution in [0.15, 0.2) is 48.5 Å². The molecule has 0 aliphatic heterocycles. The van der Waals surface area contributed by atoms with E-state index < -0.39 is 15.9 Å². The molecule has 0 aliphatic rings. The van der Waals surface area contributed by atoms with E-state index in [0.29, 0.717) is 5.02 Å². The smallest absolute Gasteiger partial charge is 0.246 e. The molecule has 0 aromatic heterocycles. The maximum absolute atomic E-state index is 12.1. The minimum atomic E-state index is -1.98. The second kappa shape index (κ2) is 9.41. The standard InChI is InChI=1S/C17H11Cl6NO2/c18-11-8-12(19)15(13(20)9-11)26-16(17(21,22)23)24-14(25)7-6-10-4-2-1-3-5-10/h1-9,16H,(H,24,25)/b7-6-. The van der Waals surface area contributed by atoms with Crippen LogP contribution in [0.3, 0.4) is 0 Å². The average Bonchev–Trinajstić information content (AvgIpc) is 2.55. The van der Waals surface area contributed by atoms with Gasteiger partial charge in [0.15, 0.2) is 5.75 Å². The van der Waals surface area contributed by atoms with E-state index in [2.05, 4.69) is 5.32 Å². The third-order valence-electron chi connectivity index (χ3n) is 3.00. The van der Waals surface area contributed by atoms with Gasteiger partial charge in [0.05, 0.1) is 10.0 Å². The molecular weight excluding hydrogens is 463 g/mol. The molecule has 2 rings (SSSR count). The molecule has 0 aliphatic carbocycles. The van der Waals surface area contributed by atoms with Crippen molar-refractivity contribution in [2.24, 2.45) is 0 Å². The van der Waals surface area contributed by atoms with Crippen LogP contribution < -0.4 is 10.1 Å². The van der Waals surface area contributed by atoms with E-state index in [9.17, 15) is 4.79 Å². The third-order valence-corrected chi connectivity index (χ3v) is 4.37. The minimum absolute atomic E-state index is 0.0291. The number of rotatable bonds is 5. The fourth-order valence-electron chi connectivity index (χ4n) is 1.85. The number of halogens is 6. The Labute approximate surface area is 180 Å². The number of ether oxygens (including phenoxy) is 1. The lowest BCUT2D eigenvalue weighted by molar-refractivity contribution is -0.118. The summed E-state index contributed by atoms with van der Waals surface area (Å²) in [4.78, 5) is 12.1. The summed E-state index contributed by atoms with van der Waals surface area (Å²) in [6, 6.07) is 12.0. The lowest BCUT2D eigenvalue weighted by Crippen LogP contribution is -2.47.